The molecule has 0 unspecified atom stereocenters. The number of benzene rings is 1. The van der Waals surface area contributed by atoms with Crippen molar-refractivity contribution in [2.24, 2.45) is 0 Å². The van der Waals surface area contributed by atoms with Crippen LogP contribution >= 0.6 is 0 Å². The van der Waals surface area contributed by atoms with Crippen molar-refractivity contribution in [1.82, 2.24) is 9.62 Å². The number of carbonyl (C=O) groups excluding carboxylic acids is 1. The monoisotopic (exact) mass is 326 g/mol. The second-order valence-electron chi connectivity index (χ2n) is 5.52. The number of ether oxygens (including phenoxy) is 1. The zero-order valence-electron chi connectivity index (χ0n) is 12.9. The van der Waals surface area contributed by atoms with E-state index in [9.17, 15) is 13.2 Å². The second kappa shape index (κ2) is 7.32. The summed E-state index contributed by atoms with van der Waals surface area (Å²) in [6, 6.07) is 5.78. The van der Waals surface area contributed by atoms with Crippen molar-refractivity contribution in [3.63, 3.8) is 0 Å². The molecule has 0 aromatic heterocycles. The van der Waals surface area contributed by atoms with Crippen LogP contribution in [0.3, 0.4) is 0 Å². The van der Waals surface area contributed by atoms with E-state index in [-0.39, 0.29) is 16.7 Å². The Balaban J connectivity index is 1.98. The summed E-state index contributed by atoms with van der Waals surface area (Å²) < 4.78 is 32.6. The molecule has 0 radical (unpaired) electrons. The maximum absolute atomic E-state index is 12.3. The summed E-state index contributed by atoms with van der Waals surface area (Å²) in [4.78, 5) is 13.6. The fraction of sp³-hybridized carbons (Fsp3) is 0.533. The Morgan fingerprint density at radius 3 is 2.41 bits per heavy atom. The number of nitrogens with one attached hydrogen (secondary N) is 1. The highest BCUT2D eigenvalue weighted by Crippen LogP contribution is 2.12. The van der Waals surface area contributed by atoms with Crippen LogP contribution < -0.4 is 4.72 Å². The topological polar surface area (TPSA) is 75.7 Å². The van der Waals surface area contributed by atoms with Gasteiger partial charge in [-0.1, -0.05) is 12.1 Å². The number of rotatable bonds is 6. The van der Waals surface area contributed by atoms with Crippen LogP contribution in [0.5, 0.6) is 0 Å². The first-order valence-electron chi connectivity index (χ1n) is 7.32. The third kappa shape index (κ3) is 4.61. The van der Waals surface area contributed by atoms with Gasteiger partial charge in [-0.3, -0.25) is 9.69 Å². The Morgan fingerprint density at radius 2 is 1.86 bits per heavy atom. The molecule has 6 nitrogen and oxygen atoms in total. The molecule has 0 aliphatic carbocycles. The molecule has 0 saturated carbocycles. The van der Waals surface area contributed by atoms with E-state index < -0.39 is 10.0 Å². The van der Waals surface area contributed by atoms with Crippen molar-refractivity contribution in [1.29, 1.82) is 0 Å². The summed E-state index contributed by atoms with van der Waals surface area (Å²) in [6.45, 7) is 6.95. The Hall–Kier alpha value is -1.28. The molecule has 7 heteroatoms. The van der Waals surface area contributed by atoms with E-state index in [0.29, 0.717) is 25.3 Å². The summed E-state index contributed by atoms with van der Waals surface area (Å²) in [6.07, 6.45) is 0. The second-order valence-corrected chi connectivity index (χ2v) is 7.23. The first kappa shape index (κ1) is 17.1. The fourth-order valence-electron chi connectivity index (χ4n) is 2.41. The Bertz CT molecular complexity index is 607. The number of hydrogen-bond donors (Lipinski definition) is 1. The van der Waals surface area contributed by atoms with Gasteiger partial charge in [0.15, 0.2) is 5.78 Å². The molecule has 1 saturated heterocycles. The standard InChI is InChI=1S/C15H22N2O4S/c1-12(11-17-7-9-21-10-8-17)16-22(19,20)15-5-3-14(4-6-15)13(2)18/h3-6,12,16H,7-11H2,1-2H3/t12-/m1/s1. The van der Waals surface area contributed by atoms with Gasteiger partial charge in [-0.05, 0) is 26.0 Å². The summed E-state index contributed by atoms with van der Waals surface area (Å²) in [5, 5.41) is 0. The van der Waals surface area contributed by atoms with E-state index in [2.05, 4.69) is 9.62 Å². The van der Waals surface area contributed by atoms with Crippen molar-refractivity contribution in [3.05, 3.63) is 29.8 Å². The molecule has 0 bridgehead atoms. The SMILES string of the molecule is CC(=O)c1ccc(S(=O)(=O)N[C@H](C)CN2CCOCC2)cc1. The lowest BCUT2D eigenvalue weighted by Crippen LogP contribution is -2.45. The molecular formula is C15H22N2O4S. The smallest absolute Gasteiger partial charge is 0.240 e. The van der Waals surface area contributed by atoms with Crippen molar-refractivity contribution >= 4 is 15.8 Å². The Morgan fingerprint density at radius 1 is 1.27 bits per heavy atom. The molecular weight excluding hydrogens is 304 g/mol. The largest absolute Gasteiger partial charge is 0.379 e. The van der Waals surface area contributed by atoms with Crippen molar-refractivity contribution < 1.29 is 17.9 Å². The third-order valence-corrected chi connectivity index (χ3v) is 5.17. The highest BCUT2D eigenvalue weighted by Gasteiger charge is 2.20. The minimum atomic E-state index is -3.57. The number of nitrogens with zero attached hydrogens (tertiary/aromatic N) is 1. The van der Waals surface area contributed by atoms with Crippen LogP contribution in [0.2, 0.25) is 0 Å². The molecule has 0 spiro atoms. The van der Waals surface area contributed by atoms with Gasteiger partial charge < -0.3 is 4.74 Å². The lowest BCUT2D eigenvalue weighted by Gasteiger charge is -2.29. The number of Topliss-reactive ketones (excluding diaryl/α,β-unsaturated/α-hetero) is 1. The number of carbonyl (C=O) groups is 1. The van der Waals surface area contributed by atoms with E-state index in [0.717, 1.165) is 13.1 Å². The maximum Gasteiger partial charge on any atom is 0.240 e. The molecule has 1 heterocycles. The summed E-state index contributed by atoms with van der Waals surface area (Å²) in [5.74, 6) is -0.0856. The van der Waals surface area contributed by atoms with Crippen molar-refractivity contribution in [3.8, 4) is 0 Å². The first-order valence-corrected chi connectivity index (χ1v) is 8.80. The van der Waals surface area contributed by atoms with E-state index in [1.807, 2.05) is 6.92 Å². The van der Waals surface area contributed by atoms with Crippen LogP contribution in [0.15, 0.2) is 29.2 Å². The minimum absolute atomic E-state index is 0.0856. The molecule has 22 heavy (non-hydrogen) atoms. The number of hydrogen-bond acceptors (Lipinski definition) is 5. The van der Waals surface area contributed by atoms with Gasteiger partial charge in [0.05, 0.1) is 18.1 Å². The van der Waals surface area contributed by atoms with E-state index in [4.69, 9.17) is 4.74 Å². The normalized spacial score (nSPS) is 18.1. The lowest BCUT2D eigenvalue weighted by atomic mass is 10.2. The van der Waals surface area contributed by atoms with Crippen LogP contribution in [-0.2, 0) is 14.8 Å². The predicted molar refractivity (Wildman–Crippen MR) is 83.5 cm³/mol. The molecule has 1 aliphatic heterocycles. The van der Waals surface area contributed by atoms with Crippen LogP contribution in [0.25, 0.3) is 0 Å². The van der Waals surface area contributed by atoms with Crippen molar-refractivity contribution in [2.75, 3.05) is 32.8 Å². The van der Waals surface area contributed by atoms with Gasteiger partial charge >= 0.3 is 0 Å². The quantitative estimate of drug-likeness (QED) is 0.786. The van der Waals surface area contributed by atoms with E-state index in [1.54, 1.807) is 0 Å². The molecule has 1 atom stereocenters. The number of sulfonamides is 1. The lowest BCUT2D eigenvalue weighted by molar-refractivity contribution is 0.0354. The predicted octanol–water partition coefficient (Wildman–Crippen LogP) is 0.888. The van der Waals surface area contributed by atoms with Gasteiger partial charge in [0.2, 0.25) is 10.0 Å². The molecule has 1 aromatic carbocycles. The summed E-state index contributed by atoms with van der Waals surface area (Å²) in [5.41, 5.74) is 0.500. The van der Waals surface area contributed by atoms with Crippen molar-refractivity contribution in [2.45, 2.75) is 24.8 Å². The first-order chi connectivity index (χ1) is 10.4. The average Bonchev–Trinajstić information content (AvgIpc) is 2.47. The van der Waals surface area contributed by atoms with Gasteiger partial charge in [-0.15, -0.1) is 0 Å². The molecule has 2 rings (SSSR count). The summed E-state index contributed by atoms with van der Waals surface area (Å²) >= 11 is 0. The highest BCUT2D eigenvalue weighted by atomic mass is 32.2. The van der Waals surface area contributed by atoms with Gasteiger partial charge in [0.25, 0.3) is 0 Å². The number of morpholine rings is 1. The fourth-order valence-corrected chi connectivity index (χ4v) is 3.64. The van der Waals surface area contributed by atoms with Gasteiger partial charge in [0, 0.05) is 31.2 Å². The third-order valence-electron chi connectivity index (χ3n) is 3.56. The van der Waals surface area contributed by atoms with E-state index in [1.165, 1.54) is 31.2 Å². The van der Waals surface area contributed by atoms with E-state index >= 15 is 0 Å². The van der Waals surface area contributed by atoms with Gasteiger partial charge in [-0.25, -0.2) is 13.1 Å². The van der Waals surface area contributed by atoms with Crippen LogP contribution in [0.4, 0.5) is 0 Å². The average molecular weight is 326 g/mol. The Kier molecular flexibility index (Phi) is 5.69. The highest BCUT2D eigenvalue weighted by molar-refractivity contribution is 7.89. The number of ketones is 1. The maximum atomic E-state index is 12.3. The van der Waals surface area contributed by atoms with Crippen LogP contribution in [0, 0.1) is 0 Å². The molecule has 1 fully saturated rings. The van der Waals surface area contributed by atoms with Crippen LogP contribution in [-0.4, -0.2) is 58.0 Å². The minimum Gasteiger partial charge on any atom is -0.379 e. The zero-order valence-corrected chi connectivity index (χ0v) is 13.7. The molecule has 1 aromatic rings. The molecule has 1 aliphatic rings. The zero-order chi connectivity index (χ0) is 16.2. The molecule has 122 valence electrons. The molecule has 1 N–H and O–H groups in total. The summed E-state index contributed by atoms with van der Waals surface area (Å²) in [7, 11) is -3.57. The van der Waals surface area contributed by atoms with Crippen LogP contribution in [0.1, 0.15) is 24.2 Å². The van der Waals surface area contributed by atoms with Gasteiger partial charge in [-0.2, -0.15) is 0 Å². The Labute approximate surface area is 131 Å². The van der Waals surface area contributed by atoms with Gasteiger partial charge in [0.1, 0.15) is 0 Å². The molecule has 0 amide bonds.